The number of benzene rings is 4. The predicted molar refractivity (Wildman–Crippen MR) is 159 cm³/mol. The monoisotopic (exact) mass is 692 g/mol. The van der Waals surface area contributed by atoms with Gasteiger partial charge in [0, 0.05) is 66.1 Å². The molecule has 1 N–H and O–H groups in total. The van der Waals surface area contributed by atoms with E-state index in [0.29, 0.717) is 0 Å². The number of aliphatic hydroxyl groups excluding tert-OH is 1. The van der Waals surface area contributed by atoms with Gasteiger partial charge < -0.3 is 9.67 Å². The average molecular weight is 692 g/mol. The van der Waals surface area contributed by atoms with Crippen LogP contribution in [0, 0.1) is 26.8 Å². The fourth-order valence-electron chi connectivity index (χ4n) is 5.62. The quantitative estimate of drug-likeness (QED) is 0.113. The number of aliphatic hydroxyl groups is 1. The van der Waals surface area contributed by atoms with E-state index in [-0.39, 0.29) is 31.6 Å². The molecule has 6 aromatic rings. The summed E-state index contributed by atoms with van der Waals surface area (Å²) in [5.74, 6) is -0.0625. The van der Waals surface area contributed by atoms with E-state index < -0.39 is 0 Å². The molecule has 39 heavy (non-hydrogen) atoms. The van der Waals surface area contributed by atoms with Crippen LogP contribution in [0.15, 0.2) is 78.6 Å². The maximum atomic E-state index is 10.0. The Morgan fingerprint density at radius 3 is 2.28 bits per heavy atom. The van der Waals surface area contributed by atoms with Crippen molar-refractivity contribution < 1.29 is 30.0 Å². The average Bonchev–Trinajstić information content (AvgIpc) is 3.16. The number of ketones is 1. The van der Waals surface area contributed by atoms with Gasteiger partial charge in [-0.25, -0.2) is 0 Å². The minimum atomic E-state index is -0.125. The SMILES string of the molecule is CC(=O)/C=C(/C)O.Cc1cc(C)c2c(C)c(-c3nc4ccccc4c4c5ccccc5n(C)c34)[c-]cc2c1.[Ir]. The Morgan fingerprint density at radius 2 is 1.62 bits per heavy atom. The normalized spacial score (nSPS) is 11.5. The van der Waals surface area contributed by atoms with Gasteiger partial charge in [-0.1, -0.05) is 77.4 Å². The van der Waals surface area contributed by atoms with Gasteiger partial charge in [-0.05, 0) is 39.8 Å². The number of pyridine rings is 1. The molecule has 0 fully saturated rings. The van der Waals surface area contributed by atoms with Gasteiger partial charge >= 0.3 is 0 Å². The van der Waals surface area contributed by atoms with Crippen molar-refractivity contribution in [2.24, 2.45) is 7.05 Å². The van der Waals surface area contributed by atoms with E-state index >= 15 is 0 Å². The second-order valence-electron chi connectivity index (χ2n) is 10.0. The molecule has 2 heterocycles. The van der Waals surface area contributed by atoms with Gasteiger partial charge in [0.1, 0.15) is 0 Å². The number of carbonyl (C=O) groups excluding carboxylic acids is 1. The van der Waals surface area contributed by atoms with Crippen molar-refractivity contribution in [3.8, 4) is 11.3 Å². The molecule has 0 spiro atoms. The second kappa shape index (κ2) is 11.1. The summed E-state index contributed by atoms with van der Waals surface area (Å²) in [6.07, 6.45) is 1.17. The Kier molecular flexibility index (Phi) is 8.06. The van der Waals surface area contributed by atoms with Crippen molar-refractivity contribution in [3.63, 3.8) is 0 Å². The fourth-order valence-corrected chi connectivity index (χ4v) is 5.62. The summed E-state index contributed by atoms with van der Waals surface area (Å²) >= 11 is 0. The predicted octanol–water partition coefficient (Wildman–Crippen LogP) is 8.46. The van der Waals surface area contributed by atoms with Crippen molar-refractivity contribution in [1.82, 2.24) is 9.55 Å². The van der Waals surface area contributed by atoms with E-state index in [1.165, 1.54) is 74.6 Å². The van der Waals surface area contributed by atoms with Crippen molar-refractivity contribution in [2.45, 2.75) is 34.6 Å². The molecule has 0 atom stereocenters. The number of nitrogens with zero attached hydrogens (tertiary/aromatic N) is 2. The van der Waals surface area contributed by atoms with Crippen LogP contribution < -0.4 is 0 Å². The molecule has 0 saturated carbocycles. The standard InChI is InChI=1S/C29H23N2.C5H8O2.Ir/c1-17-15-18(2)26-19(3)21(14-13-20(26)16-17)28-29-27(22-9-5-7-11-24(22)30-28)23-10-6-8-12-25(23)31(29)4;1-4(6)3-5(2)7;/h5-13,15-16H,1-4H3;3,6H,1-2H3;/q-1;;/b;4-3-;. The molecule has 0 aliphatic heterocycles. The van der Waals surface area contributed by atoms with Crippen LogP contribution >= 0.6 is 0 Å². The third-order valence-electron chi connectivity index (χ3n) is 7.02. The summed E-state index contributed by atoms with van der Waals surface area (Å²) in [6.45, 7) is 9.41. The van der Waals surface area contributed by atoms with Crippen LogP contribution in [0.2, 0.25) is 0 Å². The third kappa shape index (κ3) is 5.13. The first-order chi connectivity index (χ1) is 18.2. The summed E-state index contributed by atoms with van der Waals surface area (Å²) in [7, 11) is 2.15. The Morgan fingerprint density at radius 1 is 0.949 bits per heavy atom. The molecule has 0 aliphatic carbocycles. The molecule has 4 nitrogen and oxygen atoms in total. The van der Waals surface area contributed by atoms with Crippen molar-refractivity contribution in [1.29, 1.82) is 0 Å². The number of carbonyl (C=O) groups is 1. The zero-order valence-corrected chi connectivity index (χ0v) is 25.4. The van der Waals surface area contributed by atoms with E-state index in [1.807, 2.05) is 0 Å². The van der Waals surface area contributed by atoms with E-state index in [2.05, 4.69) is 105 Å². The summed E-state index contributed by atoms with van der Waals surface area (Å²) in [4.78, 5) is 15.2. The first kappa shape index (κ1) is 28.2. The molecular formula is C34H31IrN2O2-. The number of aromatic nitrogens is 2. The maximum absolute atomic E-state index is 10.0. The van der Waals surface area contributed by atoms with Crippen LogP contribution in [0.1, 0.15) is 30.5 Å². The minimum Gasteiger partial charge on any atom is -0.512 e. The molecule has 2 aromatic heterocycles. The molecule has 4 aromatic carbocycles. The summed E-state index contributed by atoms with van der Waals surface area (Å²) in [5, 5.41) is 14.6. The molecule has 199 valence electrons. The zero-order valence-electron chi connectivity index (χ0n) is 23.0. The number of rotatable bonds is 2. The number of para-hydroxylation sites is 2. The Bertz CT molecular complexity index is 1910. The number of fused-ring (bicyclic) bond motifs is 6. The molecule has 0 amide bonds. The molecule has 0 unspecified atom stereocenters. The van der Waals surface area contributed by atoms with Crippen LogP contribution in [-0.2, 0) is 31.9 Å². The summed E-state index contributed by atoms with van der Waals surface area (Å²) < 4.78 is 2.29. The van der Waals surface area contributed by atoms with E-state index in [1.54, 1.807) is 0 Å². The molecule has 1 radical (unpaired) electrons. The third-order valence-corrected chi connectivity index (χ3v) is 7.02. The number of hydrogen-bond donors (Lipinski definition) is 1. The van der Waals surface area contributed by atoms with Gasteiger partial charge in [-0.2, -0.15) is 0 Å². The van der Waals surface area contributed by atoms with Crippen LogP contribution in [0.4, 0.5) is 0 Å². The fraction of sp³-hybridized carbons (Fsp3) is 0.176. The van der Waals surface area contributed by atoms with Gasteiger partial charge in [0.2, 0.25) is 0 Å². The molecule has 6 rings (SSSR count). The number of hydrogen-bond acceptors (Lipinski definition) is 3. The Balaban J connectivity index is 0.000000394. The van der Waals surface area contributed by atoms with E-state index in [4.69, 9.17) is 10.1 Å². The van der Waals surface area contributed by atoms with Crippen molar-refractivity contribution in [2.75, 3.05) is 0 Å². The Labute approximate surface area is 242 Å². The number of allylic oxidation sites excluding steroid dienone is 2. The smallest absolute Gasteiger partial charge is 0.155 e. The second-order valence-corrected chi connectivity index (χ2v) is 10.0. The van der Waals surface area contributed by atoms with E-state index in [0.717, 1.165) is 16.8 Å². The van der Waals surface area contributed by atoms with Gasteiger partial charge in [0.25, 0.3) is 0 Å². The van der Waals surface area contributed by atoms with Crippen LogP contribution in [0.5, 0.6) is 0 Å². The van der Waals surface area contributed by atoms with Gasteiger partial charge in [0.15, 0.2) is 5.78 Å². The molecular weight excluding hydrogens is 661 g/mol. The first-order valence-corrected chi connectivity index (χ1v) is 12.7. The van der Waals surface area contributed by atoms with Crippen LogP contribution in [0.25, 0.3) is 54.7 Å². The molecule has 0 bridgehead atoms. The molecule has 0 saturated heterocycles. The van der Waals surface area contributed by atoms with Crippen molar-refractivity contribution in [3.05, 3.63) is 101 Å². The molecule has 5 heteroatoms. The minimum absolute atomic E-state index is 0. The van der Waals surface area contributed by atoms with Gasteiger partial charge in [-0.3, -0.25) is 9.78 Å². The Hall–Kier alpha value is -3.79. The van der Waals surface area contributed by atoms with E-state index in [9.17, 15) is 4.79 Å². The van der Waals surface area contributed by atoms with Crippen molar-refractivity contribution >= 4 is 49.3 Å². The van der Waals surface area contributed by atoms with Crippen LogP contribution in [-0.4, -0.2) is 20.4 Å². The summed E-state index contributed by atoms with van der Waals surface area (Å²) in [5.41, 5.74) is 9.33. The molecule has 0 aliphatic rings. The number of aryl methyl sites for hydroxylation is 4. The largest absolute Gasteiger partial charge is 0.512 e. The van der Waals surface area contributed by atoms with Gasteiger partial charge in [-0.15, -0.1) is 23.3 Å². The summed E-state index contributed by atoms with van der Waals surface area (Å²) in [6, 6.07) is 27.4. The topological polar surface area (TPSA) is 55.1 Å². The zero-order chi connectivity index (χ0) is 27.1. The van der Waals surface area contributed by atoms with Gasteiger partial charge in [0.05, 0.1) is 11.3 Å². The maximum Gasteiger partial charge on any atom is 0.155 e. The first-order valence-electron chi connectivity index (χ1n) is 12.7. The van der Waals surface area contributed by atoms with Crippen LogP contribution in [0.3, 0.4) is 0 Å².